The van der Waals surface area contributed by atoms with Gasteiger partial charge in [-0.25, -0.2) is 0 Å². The van der Waals surface area contributed by atoms with Gasteiger partial charge in [-0.3, -0.25) is 4.79 Å². The van der Waals surface area contributed by atoms with Gasteiger partial charge in [0.15, 0.2) is 11.5 Å². The van der Waals surface area contributed by atoms with Crippen molar-refractivity contribution in [3.05, 3.63) is 18.2 Å². The maximum Gasteiger partial charge on any atom is 0.230 e. The summed E-state index contributed by atoms with van der Waals surface area (Å²) in [6, 6.07) is 5.96. The Morgan fingerprint density at radius 3 is 2.31 bits per heavy atom. The van der Waals surface area contributed by atoms with Crippen molar-refractivity contribution in [2.24, 2.45) is 23.5 Å². The van der Waals surface area contributed by atoms with Crippen LogP contribution in [0.3, 0.4) is 0 Å². The zero-order chi connectivity index (χ0) is 18.0. The number of nitrogens with zero attached hydrogens (tertiary/aromatic N) is 1. The number of carbonyl (C=O) groups excluding carboxylic acids is 1. The van der Waals surface area contributed by atoms with Crippen LogP contribution in [0.25, 0.3) is 0 Å². The predicted molar refractivity (Wildman–Crippen MR) is 106 cm³/mol. The Kier molecular flexibility index (Phi) is 7.18. The van der Waals surface area contributed by atoms with Crippen molar-refractivity contribution in [2.75, 3.05) is 25.7 Å². The average molecular weight is 383 g/mol. The van der Waals surface area contributed by atoms with Crippen LogP contribution in [-0.2, 0) is 4.79 Å². The number of halogens is 1. The number of ether oxygens (including phenoxy) is 2. The largest absolute Gasteiger partial charge is 0.493 e. The van der Waals surface area contributed by atoms with Gasteiger partial charge in [0.25, 0.3) is 0 Å². The van der Waals surface area contributed by atoms with Crippen LogP contribution >= 0.6 is 12.4 Å². The van der Waals surface area contributed by atoms with E-state index in [2.05, 4.69) is 0 Å². The molecule has 0 saturated heterocycles. The Balaban J connectivity index is 0.00000243. The van der Waals surface area contributed by atoms with Crippen molar-refractivity contribution in [3.63, 3.8) is 0 Å². The van der Waals surface area contributed by atoms with Gasteiger partial charge in [0.05, 0.1) is 14.2 Å². The maximum absolute atomic E-state index is 13.2. The number of rotatable bonds is 5. The molecule has 6 heteroatoms. The summed E-state index contributed by atoms with van der Waals surface area (Å²) in [7, 11) is 3.23. The van der Waals surface area contributed by atoms with E-state index in [-0.39, 0.29) is 30.3 Å². The molecule has 146 valence electrons. The van der Waals surface area contributed by atoms with Crippen LogP contribution in [0.15, 0.2) is 18.2 Å². The first-order valence-corrected chi connectivity index (χ1v) is 9.38. The van der Waals surface area contributed by atoms with E-state index in [0.29, 0.717) is 29.9 Å². The highest BCUT2D eigenvalue weighted by atomic mass is 35.5. The van der Waals surface area contributed by atoms with Gasteiger partial charge in [-0.1, -0.05) is 6.42 Å². The first-order valence-electron chi connectivity index (χ1n) is 9.38. The van der Waals surface area contributed by atoms with E-state index in [9.17, 15) is 4.79 Å². The molecule has 26 heavy (non-hydrogen) atoms. The number of hydrogen-bond acceptors (Lipinski definition) is 4. The summed E-state index contributed by atoms with van der Waals surface area (Å²) in [5, 5.41) is 0. The van der Waals surface area contributed by atoms with Gasteiger partial charge in [0, 0.05) is 30.3 Å². The molecule has 2 bridgehead atoms. The molecular weight excluding hydrogens is 352 g/mol. The highest BCUT2D eigenvalue weighted by Crippen LogP contribution is 2.43. The second kappa shape index (κ2) is 8.96. The molecule has 2 aliphatic carbocycles. The smallest absolute Gasteiger partial charge is 0.230 e. The molecule has 2 saturated carbocycles. The van der Waals surface area contributed by atoms with Crippen LogP contribution < -0.4 is 20.1 Å². The van der Waals surface area contributed by atoms with Crippen molar-refractivity contribution in [2.45, 2.75) is 45.1 Å². The van der Waals surface area contributed by atoms with E-state index in [0.717, 1.165) is 18.5 Å². The normalized spacial score (nSPS) is 27.2. The van der Waals surface area contributed by atoms with Gasteiger partial charge >= 0.3 is 0 Å². The molecule has 3 rings (SSSR count). The third kappa shape index (κ3) is 3.94. The number of amides is 1. The summed E-state index contributed by atoms with van der Waals surface area (Å²) in [4.78, 5) is 15.1. The minimum atomic E-state index is 0. The summed E-state index contributed by atoms with van der Waals surface area (Å²) in [5.41, 5.74) is 7.25. The van der Waals surface area contributed by atoms with Crippen LogP contribution in [0.1, 0.15) is 39.0 Å². The van der Waals surface area contributed by atoms with Crippen molar-refractivity contribution in [1.82, 2.24) is 0 Å². The van der Waals surface area contributed by atoms with Gasteiger partial charge in [-0.15, -0.1) is 12.4 Å². The minimum absolute atomic E-state index is 0. The molecule has 5 nitrogen and oxygen atoms in total. The van der Waals surface area contributed by atoms with Crippen LogP contribution in [0.5, 0.6) is 11.5 Å². The number of methoxy groups -OCH3 is 2. The second-order valence-electron chi connectivity index (χ2n) is 7.32. The predicted octanol–water partition coefficient (Wildman–Crippen LogP) is 3.63. The molecule has 2 aliphatic rings. The number of benzene rings is 1. The van der Waals surface area contributed by atoms with E-state index in [1.54, 1.807) is 14.2 Å². The number of hydrogen-bond donors (Lipinski definition) is 1. The topological polar surface area (TPSA) is 64.8 Å². The van der Waals surface area contributed by atoms with E-state index in [4.69, 9.17) is 15.2 Å². The highest BCUT2D eigenvalue weighted by Gasteiger charge is 2.41. The Morgan fingerprint density at radius 1 is 1.15 bits per heavy atom. The summed E-state index contributed by atoms with van der Waals surface area (Å²) in [6.07, 6.45) is 5.46. The van der Waals surface area contributed by atoms with E-state index >= 15 is 0 Å². The lowest BCUT2D eigenvalue weighted by Gasteiger charge is -2.44. The zero-order valence-electron chi connectivity index (χ0n) is 15.9. The molecule has 1 aromatic carbocycles. The third-order valence-electron chi connectivity index (χ3n) is 6.02. The number of anilines is 1. The number of carbonyl (C=O) groups is 1. The van der Waals surface area contributed by atoms with Gasteiger partial charge in [0.1, 0.15) is 0 Å². The fourth-order valence-electron chi connectivity index (χ4n) is 4.67. The first-order chi connectivity index (χ1) is 12.1. The summed E-state index contributed by atoms with van der Waals surface area (Å²) >= 11 is 0. The second-order valence-corrected chi connectivity index (χ2v) is 7.32. The Hall–Kier alpha value is -1.46. The summed E-state index contributed by atoms with van der Waals surface area (Å²) in [5.74, 6) is 2.64. The van der Waals surface area contributed by atoms with Gasteiger partial charge in [-0.05, 0) is 56.6 Å². The molecule has 0 heterocycles. The molecule has 0 aliphatic heterocycles. The standard InChI is InChI=1S/C20H30N2O3.ClH/c1-4-22(16-8-9-17(24-2)18(12-16)25-3)20(23)15-10-13-6-5-7-14(11-15)19(13)21;/h8-9,12-15,19H,4-7,10-11,21H2,1-3H3;1H. The molecular formula is C20H31ClN2O3. The van der Waals surface area contributed by atoms with E-state index in [1.165, 1.54) is 19.3 Å². The van der Waals surface area contributed by atoms with Gasteiger partial charge in [0.2, 0.25) is 5.91 Å². The molecule has 2 atom stereocenters. The van der Waals surface area contributed by atoms with Crippen LogP contribution in [0.4, 0.5) is 5.69 Å². The summed E-state index contributed by atoms with van der Waals surface area (Å²) in [6.45, 7) is 2.66. The van der Waals surface area contributed by atoms with E-state index in [1.807, 2.05) is 30.0 Å². The lowest BCUT2D eigenvalue weighted by molar-refractivity contribution is -0.125. The monoisotopic (exact) mass is 382 g/mol. The summed E-state index contributed by atoms with van der Waals surface area (Å²) < 4.78 is 10.7. The Morgan fingerprint density at radius 2 is 1.77 bits per heavy atom. The molecule has 1 amide bonds. The van der Waals surface area contributed by atoms with Crippen molar-refractivity contribution >= 4 is 24.0 Å². The maximum atomic E-state index is 13.2. The molecule has 0 radical (unpaired) electrons. The van der Waals surface area contributed by atoms with Crippen LogP contribution in [0.2, 0.25) is 0 Å². The molecule has 2 fully saturated rings. The van der Waals surface area contributed by atoms with Gasteiger partial charge in [-0.2, -0.15) is 0 Å². The average Bonchev–Trinajstić information content (AvgIpc) is 2.61. The Bertz CT molecular complexity index is 611. The lowest BCUT2D eigenvalue weighted by Crippen LogP contribution is -2.49. The quantitative estimate of drug-likeness (QED) is 0.844. The first kappa shape index (κ1) is 20.8. The van der Waals surface area contributed by atoms with Crippen LogP contribution in [-0.4, -0.2) is 32.7 Å². The lowest BCUT2D eigenvalue weighted by atomic mass is 9.65. The molecule has 2 N–H and O–H groups in total. The van der Waals surface area contributed by atoms with E-state index < -0.39 is 0 Å². The molecule has 2 unspecified atom stereocenters. The zero-order valence-corrected chi connectivity index (χ0v) is 16.8. The third-order valence-corrected chi connectivity index (χ3v) is 6.02. The van der Waals surface area contributed by atoms with Gasteiger partial charge < -0.3 is 20.1 Å². The minimum Gasteiger partial charge on any atom is -0.493 e. The molecule has 0 spiro atoms. The highest BCUT2D eigenvalue weighted by molar-refractivity contribution is 5.95. The van der Waals surface area contributed by atoms with Crippen molar-refractivity contribution in [3.8, 4) is 11.5 Å². The van der Waals surface area contributed by atoms with Crippen LogP contribution in [0, 0.1) is 17.8 Å². The SMILES string of the molecule is CCN(C(=O)C1CC2CCCC(C1)C2N)c1ccc(OC)c(OC)c1.Cl. The molecule has 1 aromatic rings. The fourth-order valence-corrected chi connectivity index (χ4v) is 4.67. The number of fused-ring (bicyclic) bond motifs is 2. The van der Waals surface area contributed by atoms with Crippen molar-refractivity contribution in [1.29, 1.82) is 0 Å². The Labute approximate surface area is 162 Å². The molecule has 0 aromatic heterocycles. The number of nitrogens with two attached hydrogens (primary N) is 1. The van der Waals surface area contributed by atoms with Crippen molar-refractivity contribution < 1.29 is 14.3 Å². The fraction of sp³-hybridized carbons (Fsp3) is 0.650.